The van der Waals surface area contributed by atoms with E-state index in [2.05, 4.69) is 21.8 Å². The number of nitrogens with one attached hydrogen (secondary N) is 1. The highest BCUT2D eigenvalue weighted by atomic mass is 16.5. The molecule has 152 valence electrons. The van der Waals surface area contributed by atoms with E-state index in [9.17, 15) is 9.59 Å². The number of piperazine rings is 1. The summed E-state index contributed by atoms with van der Waals surface area (Å²) in [6.45, 7) is 9.42. The van der Waals surface area contributed by atoms with Crippen molar-refractivity contribution in [3.8, 4) is 5.75 Å². The summed E-state index contributed by atoms with van der Waals surface area (Å²) in [5, 5.41) is 2.84. The number of amides is 2. The molecule has 0 saturated carbocycles. The van der Waals surface area contributed by atoms with Gasteiger partial charge in [0.15, 0.2) is 0 Å². The maximum absolute atomic E-state index is 12.5. The Labute approximate surface area is 171 Å². The largest absolute Gasteiger partial charge is 0.490 e. The maximum atomic E-state index is 12.5. The van der Waals surface area contributed by atoms with Gasteiger partial charge in [-0.1, -0.05) is 18.7 Å². The number of carbonyl (C=O) groups is 2. The first-order valence-corrected chi connectivity index (χ1v) is 9.64. The second kappa shape index (κ2) is 9.84. The zero-order chi connectivity index (χ0) is 20.6. The van der Waals surface area contributed by atoms with Crippen molar-refractivity contribution in [1.82, 2.24) is 14.8 Å². The van der Waals surface area contributed by atoms with E-state index in [1.807, 2.05) is 17.0 Å². The van der Waals surface area contributed by atoms with Crippen molar-refractivity contribution in [3.63, 3.8) is 0 Å². The first-order chi connectivity index (χ1) is 14.0. The number of benzene rings is 1. The molecule has 7 nitrogen and oxygen atoms in total. The molecule has 0 atom stereocenters. The van der Waals surface area contributed by atoms with E-state index in [1.54, 1.807) is 43.3 Å². The van der Waals surface area contributed by atoms with Gasteiger partial charge in [0, 0.05) is 45.2 Å². The third-order valence-corrected chi connectivity index (χ3v) is 4.74. The minimum Gasteiger partial charge on any atom is -0.490 e. The lowest BCUT2D eigenvalue weighted by molar-refractivity contribution is -0.130. The zero-order valence-electron chi connectivity index (χ0n) is 16.6. The molecule has 0 spiro atoms. The molecule has 0 bridgehead atoms. The number of pyridine rings is 1. The Hall–Kier alpha value is -3.19. The molecule has 1 aromatic carbocycles. The van der Waals surface area contributed by atoms with Gasteiger partial charge in [-0.05, 0) is 36.4 Å². The molecule has 1 aromatic heterocycles. The number of rotatable bonds is 7. The van der Waals surface area contributed by atoms with Crippen LogP contribution in [-0.4, -0.2) is 59.4 Å². The SMILES string of the molecule is C=CCOc1ccc(C(=O)Nc2cccc(CN3CCN(C(C)=O)CC3)n2)cc1. The average molecular weight is 394 g/mol. The predicted octanol–water partition coefficient (Wildman–Crippen LogP) is 2.56. The molecule has 1 fully saturated rings. The normalized spacial score (nSPS) is 14.3. The molecule has 29 heavy (non-hydrogen) atoms. The number of anilines is 1. The van der Waals surface area contributed by atoms with Crippen LogP contribution in [0.3, 0.4) is 0 Å². The second-order valence-electron chi connectivity index (χ2n) is 6.87. The number of aromatic nitrogens is 1. The first kappa shape index (κ1) is 20.5. The molecular formula is C22H26N4O3. The quantitative estimate of drug-likeness (QED) is 0.731. The molecule has 1 saturated heterocycles. The van der Waals surface area contributed by atoms with Gasteiger partial charge >= 0.3 is 0 Å². The molecule has 2 heterocycles. The van der Waals surface area contributed by atoms with Crippen molar-refractivity contribution >= 4 is 17.6 Å². The van der Waals surface area contributed by atoms with Gasteiger partial charge in [-0.2, -0.15) is 0 Å². The van der Waals surface area contributed by atoms with Gasteiger partial charge in [-0.15, -0.1) is 0 Å². The summed E-state index contributed by atoms with van der Waals surface area (Å²) in [6, 6.07) is 12.5. The van der Waals surface area contributed by atoms with Crippen LogP contribution in [-0.2, 0) is 11.3 Å². The minimum absolute atomic E-state index is 0.118. The average Bonchev–Trinajstić information content (AvgIpc) is 2.73. The summed E-state index contributed by atoms with van der Waals surface area (Å²) >= 11 is 0. The highest BCUT2D eigenvalue weighted by molar-refractivity contribution is 6.03. The molecule has 3 rings (SSSR count). The maximum Gasteiger partial charge on any atom is 0.256 e. The first-order valence-electron chi connectivity index (χ1n) is 9.64. The van der Waals surface area contributed by atoms with Gasteiger partial charge in [0.2, 0.25) is 5.91 Å². The molecule has 2 aromatic rings. The summed E-state index contributed by atoms with van der Waals surface area (Å²) in [6.07, 6.45) is 1.67. The van der Waals surface area contributed by atoms with E-state index in [0.29, 0.717) is 30.3 Å². The number of ether oxygens (including phenoxy) is 1. The Morgan fingerprint density at radius 3 is 2.52 bits per heavy atom. The Bertz CT molecular complexity index is 859. The van der Waals surface area contributed by atoms with Gasteiger partial charge in [0.1, 0.15) is 18.2 Å². The van der Waals surface area contributed by atoms with Crippen molar-refractivity contribution in [3.05, 3.63) is 66.4 Å². The van der Waals surface area contributed by atoms with Crippen LogP contribution in [0.4, 0.5) is 5.82 Å². The van der Waals surface area contributed by atoms with E-state index in [0.717, 1.165) is 31.9 Å². The van der Waals surface area contributed by atoms with Crippen LogP contribution in [0.25, 0.3) is 0 Å². The van der Waals surface area contributed by atoms with Crippen LogP contribution in [0, 0.1) is 0 Å². The summed E-state index contributed by atoms with van der Waals surface area (Å²) < 4.78 is 5.43. The summed E-state index contributed by atoms with van der Waals surface area (Å²) in [7, 11) is 0. The van der Waals surface area contributed by atoms with Crippen molar-refractivity contribution < 1.29 is 14.3 Å². The van der Waals surface area contributed by atoms with Crippen LogP contribution < -0.4 is 10.1 Å². The molecule has 0 unspecified atom stereocenters. The molecule has 1 N–H and O–H groups in total. The number of carbonyl (C=O) groups excluding carboxylic acids is 2. The Morgan fingerprint density at radius 1 is 1.14 bits per heavy atom. The van der Waals surface area contributed by atoms with Crippen LogP contribution in [0.5, 0.6) is 5.75 Å². The van der Waals surface area contributed by atoms with E-state index in [1.165, 1.54) is 0 Å². The number of hydrogen-bond donors (Lipinski definition) is 1. The predicted molar refractivity (Wildman–Crippen MR) is 112 cm³/mol. The van der Waals surface area contributed by atoms with Crippen LogP contribution in [0.15, 0.2) is 55.1 Å². The fourth-order valence-electron chi connectivity index (χ4n) is 3.13. The van der Waals surface area contributed by atoms with Crippen LogP contribution >= 0.6 is 0 Å². The third kappa shape index (κ3) is 5.89. The van der Waals surface area contributed by atoms with Crippen LogP contribution in [0.1, 0.15) is 23.0 Å². The minimum atomic E-state index is -0.222. The Kier molecular flexibility index (Phi) is 6.97. The highest BCUT2D eigenvalue weighted by Crippen LogP contribution is 2.15. The third-order valence-electron chi connectivity index (χ3n) is 4.74. The smallest absolute Gasteiger partial charge is 0.256 e. The zero-order valence-corrected chi connectivity index (χ0v) is 16.6. The van der Waals surface area contributed by atoms with E-state index in [4.69, 9.17) is 4.74 Å². The van der Waals surface area contributed by atoms with Crippen molar-refractivity contribution in [2.75, 3.05) is 38.1 Å². The van der Waals surface area contributed by atoms with E-state index < -0.39 is 0 Å². The van der Waals surface area contributed by atoms with Gasteiger partial charge in [0.25, 0.3) is 5.91 Å². The van der Waals surface area contributed by atoms with Gasteiger partial charge in [-0.25, -0.2) is 4.98 Å². The monoisotopic (exact) mass is 394 g/mol. The van der Waals surface area contributed by atoms with E-state index in [-0.39, 0.29) is 11.8 Å². The Morgan fingerprint density at radius 2 is 1.86 bits per heavy atom. The fraction of sp³-hybridized carbons (Fsp3) is 0.318. The second-order valence-corrected chi connectivity index (χ2v) is 6.87. The Balaban J connectivity index is 1.56. The van der Waals surface area contributed by atoms with Gasteiger partial charge in [-0.3, -0.25) is 14.5 Å². The van der Waals surface area contributed by atoms with Crippen molar-refractivity contribution in [1.29, 1.82) is 0 Å². The topological polar surface area (TPSA) is 74.8 Å². The number of hydrogen-bond acceptors (Lipinski definition) is 5. The molecule has 2 amide bonds. The van der Waals surface area contributed by atoms with Crippen molar-refractivity contribution in [2.24, 2.45) is 0 Å². The lowest BCUT2D eigenvalue weighted by atomic mass is 10.2. The highest BCUT2D eigenvalue weighted by Gasteiger charge is 2.19. The molecule has 1 aliphatic heterocycles. The molecule has 0 aliphatic carbocycles. The molecule has 1 aliphatic rings. The summed E-state index contributed by atoms with van der Waals surface area (Å²) in [5.74, 6) is 1.10. The summed E-state index contributed by atoms with van der Waals surface area (Å²) in [4.78, 5) is 32.6. The van der Waals surface area contributed by atoms with E-state index >= 15 is 0 Å². The standard InChI is InChI=1S/C22H26N4O3/c1-3-15-29-20-9-7-18(8-10-20)22(28)24-21-6-4-5-19(23-21)16-25-11-13-26(14-12-25)17(2)27/h3-10H,1,11-16H2,2H3,(H,23,24,28). The molecule has 7 heteroatoms. The summed E-state index contributed by atoms with van der Waals surface area (Å²) in [5.41, 5.74) is 1.41. The fourth-order valence-corrected chi connectivity index (χ4v) is 3.13. The molecular weight excluding hydrogens is 368 g/mol. The lowest BCUT2D eigenvalue weighted by Crippen LogP contribution is -2.47. The lowest BCUT2D eigenvalue weighted by Gasteiger charge is -2.33. The van der Waals surface area contributed by atoms with Gasteiger partial charge in [0.05, 0.1) is 5.69 Å². The van der Waals surface area contributed by atoms with Crippen LogP contribution in [0.2, 0.25) is 0 Å². The molecule has 0 radical (unpaired) electrons. The van der Waals surface area contributed by atoms with Crippen molar-refractivity contribution in [2.45, 2.75) is 13.5 Å². The number of nitrogens with zero attached hydrogens (tertiary/aromatic N) is 3. The van der Waals surface area contributed by atoms with Gasteiger partial charge < -0.3 is 15.0 Å².